The summed E-state index contributed by atoms with van der Waals surface area (Å²) in [4.78, 5) is 29.8. The Hall–Kier alpha value is -3.09. The Balaban J connectivity index is 1.79. The van der Waals surface area contributed by atoms with Gasteiger partial charge in [0.15, 0.2) is 0 Å². The molecule has 26 heavy (non-hydrogen) atoms. The zero-order valence-corrected chi connectivity index (χ0v) is 15.4. The molecule has 3 N–H and O–H groups in total. The van der Waals surface area contributed by atoms with Crippen LogP contribution < -0.4 is 16.0 Å². The summed E-state index contributed by atoms with van der Waals surface area (Å²) in [5.74, 6) is -0.0898. The second-order valence-corrected chi connectivity index (χ2v) is 6.08. The molecular formula is C19H25N5O2. The highest BCUT2D eigenvalue weighted by molar-refractivity contribution is 5.98. The highest BCUT2D eigenvalue weighted by Crippen LogP contribution is 2.19. The van der Waals surface area contributed by atoms with Crippen LogP contribution in [0.3, 0.4) is 0 Å². The average molecular weight is 355 g/mol. The van der Waals surface area contributed by atoms with Crippen molar-refractivity contribution in [1.82, 2.24) is 15.2 Å². The molecule has 0 aliphatic rings. The Morgan fingerprint density at radius 3 is 2.62 bits per heavy atom. The summed E-state index contributed by atoms with van der Waals surface area (Å²) >= 11 is 0. The minimum absolute atomic E-state index is 0.0898. The van der Waals surface area contributed by atoms with Gasteiger partial charge >= 0.3 is 6.03 Å². The molecular weight excluding hydrogens is 330 g/mol. The number of carbonyl (C=O) groups is 2. The molecule has 2 aromatic rings. The zero-order valence-electron chi connectivity index (χ0n) is 15.4. The van der Waals surface area contributed by atoms with Crippen molar-refractivity contribution >= 4 is 23.3 Å². The second kappa shape index (κ2) is 9.41. The number of pyridine rings is 1. The molecule has 0 saturated heterocycles. The number of anilines is 2. The number of benzene rings is 1. The Morgan fingerprint density at radius 2 is 1.92 bits per heavy atom. The molecule has 0 bridgehead atoms. The van der Waals surface area contributed by atoms with Crippen LogP contribution in [0.2, 0.25) is 0 Å². The average Bonchev–Trinajstić information content (AvgIpc) is 2.63. The number of hydrogen-bond donors (Lipinski definition) is 3. The predicted octanol–water partition coefficient (Wildman–Crippen LogP) is 2.72. The fourth-order valence-electron chi connectivity index (χ4n) is 2.40. The Kier molecular flexibility index (Phi) is 6.96. The van der Waals surface area contributed by atoms with Crippen LogP contribution in [0.1, 0.15) is 22.3 Å². The molecule has 0 spiro atoms. The summed E-state index contributed by atoms with van der Waals surface area (Å²) in [6.45, 7) is 3.09. The maximum absolute atomic E-state index is 12.2. The lowest BCUT2D eigenvalue weighted by molar-refractivity contribution is 0.0827. The van der Waals surface area contributed by atoms with E-state index in [1.54, 1.807) is 44.7 Å². The Bertz CT molecular complexity index is 747. The molecule has 0 fully saturated rings. The van der Waals surface area contributed by atoms with E-state index in [1.807, 2.05) is 19.1 Å². The van der Waals surface area contributed by atoms with Crippen LogP contribution in [-0.4, -0.2) is 49.0 Å². The van der Waals surface area contributed by atoms with Gasteiger partial charge in [-0.1, -0.05) is 6.07 Å². The minimum Gasteiger partial charge on any atom is -0.384 e. The quantitative estimate of drug-likeness (QED) is 0.667. The third kappa shape index (κ3) is 5.47. The van der Waals surface area contributed by atoms with Crippen molar-refractivity contribution < 1.29 is 9.59 Å². The lowest BCUT2D eigenvalue weighted by Gasteiger charge is -2.15. The standard InChI is InChI=1S/C19H25N5O2/c1-14-16(18(25)24(2)3)8-4-9-17(14)23-19(26)22-12-6-11-21-15-7-5-10-20-13-15/h4-5,7-10,13,21H,6,11-12H2,1-3H3,(H2,22,23,26). The summed E-state index contributed by atoms with van der Waals surface area (Å²) in [5.41, 5.74) is 2.91. The summed E-state index contributed by atoms with van der Waals surface area (Å²) in [5, 5.41) is 8.85. The van der Waals surface area contributed by atoms with E-state index in [-0.39, 0.29) is 11.9 Å². The van der Waals surface area contributed by atoms with Gasteiger partial charge in [-0.05, 0) is 43.2 Å². The van der Waals surface area contributed by atoms with E-state index in [9.17, 15) is 9.59 Å². The van der Waals surface area contributed by atoms with E-state index in [0.29, 0.717) is 17.8 Å². The van der Waals surface area contributed by atoms with E-state index in [2.05, 4.69) is 20.9 Å². The van der Waals surface area contributed by atoms with Crippen LogP contribution in [0.25, 0.3) is 0 Å². The van der Waals surface area contributed by atoms with Crippen LogP contribution in [0.4, 0.5) is 16.2 Å². The smallest absolute Gasteiger partial charge is 0.319 e. The molecule has 0 unspecified atom stereocenters. The normalized spacial score (nSPS) is 10.1. The van der Waals surface area contributed by atoms with E-state index < -0.39 is 0 Å². The molecule has 0 aliphatic heterocycles. The molecule has 1 heterocycles. The van der Waals surface area contributed by atoms with Crippen molar-refractivity contribution in [2.24, 2.45) is 0 Å². The van der Waals surface area contributed by atoms with Crippen LogP contribution in [0.5, 0.6) is 0 Å². The van der Waals surface area contributed by atoms with E-state index in [1.165, 1.54) is 4.90 Å². The molecule has 7 heteroatoms. The first-order valence-electron chi connectivity index (χ1n) is 8.49. The first kappa shape index (κ1) is 19.2. The molecule has 1 aromatic heterocycles. The molecule has 1 aromatic carbocycles. The van der Waals surface area contributed by atoms with Crippen LogP contribution in [-0.2, 0) is 0 Å². The van der Waals surface area contributed by atoms with Gasteiger partial charge in [-0.15, -0.1) is 0 Å². The SMILES string of the molecule is Cc1c(NC(=O)NCCCNc2cccnc2)cccc1C(=O)N(C)C. The number of rotatable bonds is 7. The van der Waals surface area contributed by atoms with Crippen molar-refractivity contribution in [2.75, 3.05) is 37.8 Å². The van der Waals surface area contributed by atoms with Crippen molar-refractivity contribution in [3.63, 3.8) is 0 Å². The number of aromatic nitrogens is 1. The minimum atomic E-state index is -0.288. The topological polar surface area (TPSA) is 86.4 Å². The van der Waals surface area contributed by atoms with Crippen LogP contribution in [0, 0.1) is 6.92 Å². The molecule has 0 saturated carbocycles. The maximum Gasteiger partial charge on any atom is 0.319 e. The number of nitrogens with one attached hydrogen (secondary N) is 3. The first-order chi connectivity index (χ1) is 12.5. The number of hydrogen-bond acceptors (Lipinski definition) is 4. The number of nitrogens with zero attached hydrogens (tertiary/aromatic N) is 2. The van der Waals surface area contributed by atoms with Crippen LogP contribution in [0.15, 0.2) is 42.7 Å². The largest absolute Gasteiger partial charge is 0.384 e. The van der Waals surface area contributed by atoms with Crippen molar-refractivity contribution in [1.29, 1.82) is 0 Å². The third-order valence-electron chi connectivity index (χ3n) is 3.85. The highest BCUT2D eigenvalue weighted by atomic mass is 16.2. The molecule has 7 nitrogen and oxygen atoms in total. The first-order valence-corrected chi connectivity index (χ1v) is 8.49. The summed E-state index contributed by atoms with van der Waals surface area (Å²) < 4.78 is 0. The lowest BCUT2D eigenvalue weighted by Crippen LogP contribution is -2.31. The summed E-state index contributed by atoms with van der Waals surface area (Å²) in [7, 11) is 3.41. The van der Waals surface area contributed by atoms with E-state index in [0.717, 1.165) is 24.2 Å². The third-order valence-corrected chi connectivity index (χ3v) is 3.85. The maximum atomic E-state index is 12.2. The van der Waals surface area contributed by atoms with Gasteiger partial charge in [0.1, 0.15) is 0 Å². The molecule has 0 radical (unpaired) electrons. The molecule has 0 aliphatic carbocycles. The van der Waals surface area contributed by atoms with Crippen molar-refractivity contribution in [3.8, 4) is 0 Å². The van der Waals surface area contributed by atoms with Gasteiger partial charge in [0.25, 0.3) is 5.91 Å². The zero-order chi connectivity index (χ0) is 18.9. The fraction of sp³-hybridized carbons (Fsp3) is 0.316. The van der Waals surface area contributed by atoms with Gasteiger partial charge in [0.05, 0.1) is 5.69 Å². The lowest BCUT2D eigenvalue weighted by atomic mass is 10.1. The van der Waals surface area contributed by atoms with Gasteiger partial charge in [-0.2, -0.15) is 0 Å². The van der Waals surface area contributed by atoms with Gasteiger partial charge < -0.3 is 20.9 Å². The monoisotopic (exact) mass is 355 g/mol. The summed E-state index contributed by atoms with van der Waals surface area (Å²) in [6, 6.07) is 8.82. The number of amides is 3. The predicted molar refractivity (Wildman–Crippen MR) is 104 cm³/mol. The van der Waals surface area contributed by atoms with Gasteiger partial charge in [-0.3, -0.25) is 9.78 Å². The van der Waals surface area contributed by atoms with E-state index >= 15 is 0 Å². The molecule has 138 valence electrons. The van der Waals surface area contributed by atoms with E-state index in [4.69, 9.17) is 0 Å². The molecule has 2 rings (SSSR count). The van der Waals surface area contributed by atoms with Gasteiger partial charge in [-0.25, -0.2) is 4.79 Å². The molecule has 3 amide bonds. The van der Waals surface area contributed by atoms with Crippen LogP contribution >= 0.6 is 0 Å². The second-order valence-electron chi connectivity index (χ2n) is 6.08. The number of urea groups is 1. The number of carbonyl (C=O) groups excluding carboxylic acids is 2. The highest BCUT2D eigenvalue weighted by Gasteiger charge is 2.14. The Morgan fingerprint density at radius 1 is 1.12 bits per heavy atom. The summed E-state index contributed by atoms with van der Waals surface area (Å²) in [6.07, 6.45) is 4.26. The fourth-order valence-corrected chi connectivity index (χ4v) is 2.40. The van der Waals surface area contributed by atoms with Gasteiger partial charge in [0, 0.05) is 50.8 Å². The van der Waals surface area contributed by atoms with Crippen molar-refractivity contribution in [3.05, 3.63) is 53.9 Å². The van der Waals surface area contributed by atoms with Gasteiger partial charge in [0.2, 0.25) is 0 Å². The molecule has 0 atom stereocenters. The Labute approximate surface area is 153 Å². The van der Waals surface area contributed by atoms with Crippen molar-refractivity contribution in [2.45, 2.75) is 13.3 Å².